The smallest absolute Gasteiger partial charge is 0.327 e. The summed E-state index contributed by atoms with van der Waals surface area (Å²) in [5, 5.41) is 9.29. The number of thioether (sulfide) groups is 1. The van der Waals surface area contributed by atoms with Gasteiger partial charge in [-0.2, -0.15) is 0 Å². The molecule has 0 aromatic carbocycles. The highest BCUT2D eigenvalue weighted by molar-refractivity contribution is 8.00. The molecule has 1 aliphatic carbocycles. The highest BCUT2D eigenvalue weighted by atomic mass is 32.2. The number of amides is 1. The molecular formula is C13H21NO3S. The monoisotopic (exact) mass is 271 g/mol. The lowest BCUT2D eigenvalue weighted by molar-refractivity contribution is -0.151. The Morgan fingerprint density at radius 1 is 1.39 bits per heavy atom. The molecule has 2 rings (SSSR count). The van der Waals surface area contributed by atoms with Crippen LogP contribution in [0.15, 0.2) is 0 Å². The molecule has 18 heavy (non-hydrogen) atoms. The minimum atomic E-state index is -0.863. The molecule has 4 unspecified atom stereocenters. The largest absolute Gasteiger partial charge is 0.480 e. The van der Waals surface area contributed by atoms with Crippen LogP contribution in [0, 0.1) is 11.8 Å². The van der Waals surface area contributed by atoms with Gasteiger partial charge in [-0.05, 0) is 25.2 Å². The van der Waals surface area contributed by atoms with Crippen molar-refractivity contribution < 1.29 is 14.7 Å². The number of hydrogen-bond acceptors (Lipinski definition) is 3. The minimum Gasteiger partial charge on any atom is -0.480 e. The minimum absolute atomic E-state index is 0.0413. The standard InChI is InChI=1S/C13H21NO3S/c1-3-11-14(10(7-18-11)13(16)17)12(15)9-6-4-5-8(9)2/h8-11H,3-7H2,1-2H3,(H,16,17). The maximum Gasteiger partial charge on any atom is 0.327 e. The van der Waals surface area contributed by atoms with Gasteiger partial charge in [0.15, 0.2) is 0 Å². The van der Waals surface area contributed by atoms with Crippen molar-refractivity contribution in [2.45, 2.75) is 50.9 Å². The fraction of sp³-hybridized carbons (Fsp3) is 0.846. The van der Waals surface area contributed by atoms with Crippen LogP contribution in [0.25, 0.3) is 0 Å². The van der Waals surface area contributed by atoms with E-state index in [1.54, 1.807) is 16.7 Å². The second-order valence-corrected chi connectivity index (χ2v) is 6.52. The molecule has 0 aromatic rings. The second kappa shape index (κ2) is 5.51. The van der Waals surface area contributed by atoms with Crippen LogP contribution in [0.1, 0.15) is 39.5 Å². The lowest BCUT2D eigenvalue weighted by Crippen LogP contribution is -2.48. The molecule has 2 fully saturated rings. The van der Waals surface area contributed by atoms with Crippen LogP contribution in [0.2, 0.25) is 0 Å². The first-order valence-corrected chi connectivity index (χ1v) is 7.77. The van der Waals surface area contributed by atoms with Crippen molar-refractivity contribution in [2.24, 2.45) is 11.8 Å². The Morgan fingerprint density at radius 2 is 2.11 bits per heavy atom. The maximum absolute atomic E-state index is 12.6. The second-order valence-electron chi connectivity index (χ2n) is 5.31. The summed E-state index contributed by atoms with van der Waals surface area (Å²) >= 11 is 1.60. The summed E-state index contributed by atoms with van der Waals surface area (Å²) < 4.78 is 0. The van der Waals surface area contributed by atoms with Gasteiger partial charge in [-0.25, -0.2) is 4.79 Å². The molecule has 1 heterocycles. The van der Waals surface area contributed by atoms with Crippen molar-refractivity contribution in [3.05, 3.63) is 0 Å². The third-order valence-corrected chi connectivity index (χ3v) is 5.61. The summed E-state index contributed by atoms with van der Waals surface area (Å²) in [5.74, 6) is 0.178. The number of hydrogen-bond donors (Lipinski definition) is 1. The summed E-state index contributed by atoms with van der Waals surface area (Å²) in [6.45, 7) is 4.12. The number of aliphatic carboxylic acids is 1. The Hall–Kier alpha value is -0.710. The van der Waals surface area contributed by atoms with E-state index in [-0.39, 0.29) is 17.2 Å². The van der Waals surface area contributed by atoms with E-state index in [0.29, 0.717) is 11.7 Å². The zero-order valence-electron chi connectivity index (χ0n) is 11.0. The van der Waals surface area contributed by atoms with E-state index < -0.39 is 12.0 Å². The molecule has 1 aliphatic heterocycles. The van der Waals surface area contributed by atoms with Gasteiger partial charge in [-0.1, -0.05) is 20.3 Å². The van der Waals surface area contributed by atoms with Crippen LogP contribution in [-0.2, 0) is 9.59 Å². The van der Waals surface area contributed by atoms with E-state index in [2.05, 4.69) is 6.92 Å². The average Bonchev–Trinajstić information content (AvgIpc) is 2.93. The molecule has 0 radical (unpaired) electrons. The topological polar surface area (TPSA) is 57.6 Å². The van der Waals surface area contributed by atoms with Gasteiger partial charge in [-0.15, -0.1) is 11.8 Å². The van der Waals surface area contributed by atoms with Crippen molar-refractivity contribution in [1.29, 1.82) is 0 Å². The fourth-order valence-corrected chi connectivity index (χ4v) is 4.42. The molecule has 1 saturated heterocycles. The van der Waals surface area contributed by atoms with E-state index in [1.165, 1.54) is 0 Å². The van der Waals surface area contributed by atoms with Gasteiger partial charge in [-0.3, -0.25) is 4.79 Å². The predicted octanol–water partition coefficient (Wildman–Crippen LogP) is 2.19. The third-order valence-electron chi connectivity index (χ3n) is 4.16. The quantitative estimate of drug-likeness (QED) is 0.855. The number of nitrogens with zero attached hydrogens (tertiary/aromatic N) is 1. The van der Waals surface area contributed by atoms with E-state index >= 15 is 0 Å². The van der Waals surface area contributed by atoms with Crippen LogP contribution in [0.5, 0.6) is 0 Å². The molecular weight excluding hydrogens is 250 g/mol. The van der Waals surface area contributed by atoms with E-state index in [0.717, 1.165) is 25.7 Å². The molecule has 1 N–H and O–H groups in total. The average molecular weight is 271 g/mol. The Labute approximate surface area is 112 Å². The Bertz CT molecular complexity index is 347. The SMILES string of the molecule is CCC1SCC(C(=O)O)N1C(=O)C1CCCC1C. The Balaban J connectivity index is 2.16. The molecule has 5 heteroatoms. The van der Waals surface area contributed by atoms with Crippen LogP contribution < -0.4 is 0 Å². The summed E-state index contributed by atoms with van der Waals surface area (Å²) in [7, 11) is 0. The van der Waals surface area contributed by atoms with Crippen LogP contribution in [0.3, 0.4) is 0 Å². The molecule has 0 bridgehead atoms. The highest BCUT2D eigenvalue weighted by Crippen LogP contribution is 2.38. The number of carbonyl (C=O) groups is 2. The molecule has 4 atom stereocenters. The van der Waals surface area contributed by atoms with Crippen molar-refractivity contribution >= 4 is 23.6 Å². The van der Waals surface area contributed by atoms with Gasteiger partial charge in [0.25, 0.3) is 0 Å². The normalized spacial score (nSPS) is 36.0. The van der Waals surface area contributed by atoms with Gasteiger partial charge >= 0.3 is 5.97 Å². The van der Waals surface area contributed by atoms with Crippen LogP contribution in [0.4, 0.5) is 0 Å². The Kier molecular flexibility index (Phi) is 4.20. The van der Waals surface area contributed by atoms with Gasteiger partial charge in [0.05, 0.1) is 5.37 Å². The van der Waals surface area contributed by atoms with Crippen molar-refractivity contribution in [1.82, 2.24) is 4.90 Å². The third kappa shape index (κ3) is 2.37. The summed E-state index contributed by atoms with van der Waals surface area (Å²) in [4.78, 5) is 25.5. The van der Waals surface area contributed by atoms with E-state index in [9.17, 15) is 14.7 Å². The van der Waals surface area contributed by atoms with Gasteiger partial charge in [0.2, 0.25) is 5.91 Å². The maximum atomic E-state index is 12.6. The van der Waals surface area contributed by atoms with Gasteiger partial charge < -0.3 is 10.0 Å². The number of rotatable bonds is 3. The molecule has 0 aromatic heterocycles. The molecule has 1 saturated carbocycles. The van der Waals surface area contributed by atoms with Crippen molar-refractivity contribution in [3.8, 4) is 0 Å². The molecule has 102 valence electrons. The zero-order chi connectivity index (χ0) is 13.3. The Morgan fingerprint density at radius 3 is 2.61 bits per heavy atom. The number of carboxylic acids is 1. The van der Waals surface area contributed by atoms with Crippen molar-refractivity contribution in [3.63, 3.8) is 0 Å². The first kappa shape index (κ1) is 13.7. The molecule has 4 nitrogen and oxygen atoms in total. The van der Waals surface area contributed by atoms with Gasteiger partial charge in [0.1, 0.15) is 6.04 Å². The molecule has 2 aliphatic rings. The summed E-state index contributed by atoms with van der Waals surface area (Å²) in [5.41, 5.74) is 0. The van der Waals surface area contributed by atoms with E-state index in [1.807, 2.05) is 6.92 Å². The zero-order valence-corrected chi connectivity index (χ0v) is 11.8. The summed E-state index contributed by atoms with van der Waals surface area (Å²) in [6.07, 6.45) is 3.92. The van der Waals surface area contributed by atoms with Crippen LogP contribution >= 0.6 is 11.8 Å². The molecule has 0 spiro atoms. The molecule has 1 amide bonds. The van der Waals surface area contributed by atoms with Crippen LogP contribution in [-0.4, -0.2) is 39.1 Å². The van der Waals surface area contributed by atoms with Crippen molar-refractivity contribution in [2.75, 3.05) is 5.75 Å². The van der Waals surface area contributed by atoms with Gasteiger partial charge in [0, 0.05) is 11.7 Å². The predicted molar refractivity (Wildman–Crippen MR) is 71.3 cm³/mol. The first-order valence-electron chi connectivity index (χ1n) is 6.72. The number of carboxylic acid groups (broad SMARTS) is 1. The highest BCUT2D eigenvalue weighted by Gasteiger charge is 2.44. The lowest BCUT2D eigenvalue weighted by Gasteiger charge is -2.30. The number of carbonyl (C=O) groups excluding carboxylic acids is 1. The summed E-state index contributed by atoms with van der Waals surface area (Å²) in [6, 6.07) is -0.625. The fourth-order valence-electron chi connectivity index (χ4n) is 3.07. The lowest BCUT2D eigenvalue weighted by atomic mass is 9.96. The first-order chi connectivity index (χ1) is 8.56. The van der Waals surface area contributed by atoms with E-state index in [4.69, 9.17) is 0 Å².